The number of benzene rings is 1. The van der Waals surface area contributed by atoms with Crippen LogP contribution in [0.1, 0.15) is 17.5 Å². The van der Waals surface area contributed by atoms with Crippen molar-refractivity contribution in [1.29, 1.82) is 0 Å². The Balaban J connectivity index is 2.21. The van der Waals surface area contributed by atoms with Gasteiger partial charge in [-0.25, -0.2) is 0 Å². The van der Waals surface area contributed by atoms with Gasteiger partial charge in [0, 0.05) is 5.02 Å². The van der Waals surface area contributed by atoms with Gasteiger partial charge in [-0.3, -0.25) is 0 Å². The van der Waals surface area contributed by atoms with E-state index < -0.39 is 0 Å². The maximum atomic E-state index is 6.09. The molecule has 1 saturated heterocycles. The lowest BCUT2D eigenvalue weighted by molar-refractivity contribution is 0.410. The van der Waals surface area contributed by atoms with Crippen molar-refractivity contribution in [2.45, 2.75) is 19.8 Å². The van der Waals surface area contributed by atoms with Crippen LogP contribution in [-0.2, 0) is 6.42 Å². The molecule has 1 aliphatic rings. The first kappa shape index (κ1) is 11.7. The van der Waals surface area contributed by atoms with Gasteiger partial charge >= 0.3 is 0 Å². The molecule has 1 aromatic rings. The molecule has 3 heteroatoms. The summed E-state index contributed by atoms with van der Waals surface area (Å²) in [4.78, 5) is 0. The average molecular weight is 240 g/mol. The lowest BCUT2D eigenvalue weighted by Crippen LogP contribution is -2.11. The topological polar surface area (TPSA) is 21.3 Å². The van der Waals surface area contributed by atoms with Gasteiger partial charge in [-0.2, -0.15) is 0 Å². The van der Waals surface area contributed by atoms with Crippen LogP contribution in [0.25, 0.3) is 0 Å². The third kappa shape index (κ3) is 2.50. The first-order valence-corrected chi connectivity index (χ1v) is 6.12. The number of hydrogen-bond acceptors (Lipinski definition) is 2. The fraction of sp³-hybridized carbons (Fsp3) is 0.538. The first-order chi connectivity index (χ1) is 7.70. The number of halogens is 1. The highest BCUT2D eigenvalue weighted by molar-refractivity contribution is 6.30. The summed E-state index contributed by atoms with van der Waals surface area (Å²) in [6.07, 6.45) is 2.35. The van der Waals surface area contributed by atoms with Gasteiger partial charge in [0.05, 0.1) is 7.11 Å². The molecule has 0 aromatic heterocycles. The molecule has 1 aliphatic heterocycles. The second-order valence-electron chi connectivity index (χ2n) is 4.46. The molecule has 1 N–H and O–H groups in total. The van der Waals surface area contributed by atoms with E-state index in [1.54, 1.807) is 7.11 Å². The van der Waals surface area contributed by atoms with Gasteiger partial charge < -0.3 is 10.1 Å². The molecule has 1 aromatic carbocycles. The van der Waals surface area contributed by atoms with Gasteiger partial charge in [-0.1, -0.05) is 11.6 Å². The van der Waals surface area contributed by atoms with Crippen LogP contribution in [0.4, 0.5) is 0 Å². The van der Waals surface area contributed by atoms with Crippen LogP contribution in [0, 0.1) is 12.8 Å². The fourth-order valence-electron chi connectivity index (χ4n) is 2.33. The van der Waals surface area contributed by atoms with E-state index in [-0.39, 0.29) is 0 Å². The summed E-state index contributed by atoms with van der Waals surface area (Å²) < 4.78 is 5.33. The lowest BCUT2D eigenvalue weighted by Gasteiger charge is -2.14. The van der Waals surface area contributed by atoms with E-state index >= 15 is 0 Å². The Labute approximate surface area is 102 Å². The summed E-state index contributed by atoms with van der Waals surface area (Å²) in [5, 5.41) is 4.16. The van der Waals surface area contributed by atoms with Gasteiger partial charge in [-0.05, 0) is 62.0 Å². The van der Waals surface area contributed by atoms with Crippen molar-refractivity contribution >= 4 is 11.6 Å². The normalized spacial score (nSPS) is 20.1. The minimum Gasteiger partial charge on any atom is -0.496 e. The number of rotatable bonds is 3. The number of methoxy groups -OCH3 is 1. The van der Waals surface area contributed by atoms with Gasteiger partial charge in [0.2, 0.25) is 0 Å². The predicted molar refractivity (Wildman–Crippen MR) is 67.4 cm³/mol. The monoisotopic (exact) mass is 239 g/mol. The third-order valence-corrected chi connectivity index (χ3v) is 3.54. The Morgan fingerprint density at radius 2 is 2.31 bits per heavy atom. The van der Waals surface area contributed by atoms with Crippen molar-refractivity contribution in [3.8, 4) is 5.75 Å². The van der Waals surface area contributed by atoms with Crippen molar-refractivity contribution in [2.24, 2.45) is 5.92 Å². The van der Waals surface area contributed by atoms with E-state index in [0.717, 1.165) is 36.2 Å². The van der Waals surface area contributed by atoms with E-state index in [1.807, 2.05) is 6.07 Å². The largest absolute Gasteiger partial charge is 0.496 e. The van der Waals surface area contributed by atoms with Crippen molar-refractivity contribution in [2.75, 3.05) is 20.2 Å². The van der Waals surface area contributed by atoms with E-state index in [2.05, 4.69) is 18.3 Å². The molecular formula is C13H18ClNO. The molecule has 0 saturated carbocycles. The zero-order chi connectivity index (χ0) is 11.5. The molecule has 1 atom stereocenters. The average Bonchev–Trinajstić information content (AvgIpc) is 2.75. The Hall–Kier alpha value is -0.730. The SMILES string of the molecule is COc1cc(Cl)cc(CC2CCNC2)c1C. The van der Waals surface area contributed by atoms with Crippen LogP contribution in [-0.4, -0.2) is 20.2 Å². The molecule has 1 heterocycles. The van der Waals surface area contributed by atoms with E-state index in [4.69, 9.17) is 16.3 Å². The Bertz CT molecular complexity index is 372. The summed E-state index contributed by atoms with van der Waals surface area (Å²) in [5.41, 5.74) is 2.54. The summed E-state index contributed by atoms with van der Waals surface area (Å²) in [6.45, 7) is 4.36. The molecule has 1 unspecified atom stereocenters. The highest BCUT2D eigenvalue weighted by atomic mass is 35.5. The fourth-order valence-corrected chi connectivity index (χ4v) is 2.56. The van der Waals surface area contributed by atoms with E-state index in [1.165, 1.54) is 17.5 Å². The zero-order valence-electron chi connectivity index (χ0n) is 9.85. The highest BCUT2D eigenvalue weighted by Gasteiger charge is 2.17. The summed E-state index contributed by atoms with van der Waals surface area (Å²) in [5.74, 6) is 1.63. The van der Waals surface area contributed by atoms with E-state index in [0.29, 0.717) is 0 Å². The van der Waals surface area contributed by atoms with Crippen LogP contribution in [0.5, 0.6) is 5.75 Å². The summed E-state index contributed by atoms with van der Waals surface area (Å²) >= 11 is 6.09. The van der Waals surface area contributed by atoms with Crippen molar-refractivity contribution in [1.82, 2.24) is 5.32 Å². The van der Waals surface area contributed by atoms with Gasteiger partial charge in [0.25, 0.3) is 0 Å². The quantitative estimate of drug-likeness (QED) is 0.876. The molecule has 0 aliphatic carbocycles. The van der Waals surface area contributed by atoms with Crippen LogP contribution >= 0.6 is 11.6 Å². The van der Waals surface area contributed by atoms with Crippen LogP contribution in [0.3, 0.4) is 0 Å². The van der Waals surface area contributed by atoms with Crippen molar-refractivity contribution < 1.29 is 4.74 Å². The van der Waals surface area contributed by atoms with Crippen LogP contribution in [0.2, 0.25) is 5.02 Å². The second-order valence-corrected chi connectivity index (χ2v) is 4.89. The third-order valence-electron chi connectivity index (χ3n) is 3.32. The Morgan fingerprint density at radius 3 is 2.94 bits per heavy atom. The zero-order valence-corrected chi connectivity index (χ0v) is 10.6. The van der Waals surface area contributed by atoms with Gasteiger partial charge in [0.15, 0.2) is 0 Å². The standard InChI is InChI=1S/C13H18ClNO/c1-9-11(5-10-3-4-15-8-10)6-12(14)7-13(9)16-2/h6-7,10,15H,3-5,8H2,1-2H3. The maximum absolute atomic E-state index is 6.09. The molecule has 0 amide bonds. The number of ether oxygens (including phenoxy) is 1. The number of hydrogen-bond donors (Lipinski definition) is 1. The van der Waals surface area contributed by atoms with Gasteiger partial charge in [-0.15, -0.1) is 0 Å². The molecular weight excluding hydrogens is 222 g/mol. The smallest absolute Gasteiger partial charge is 0.123 e. The molecule has 88 valence electrons. The van der Waals surface area contributed by atoms with Crippen molar-refractivity contribution in [3.63, 3.8) is 0 Å². The Kier molecular flexibility index (Phi) is 3.72. The van der Waals surface area contributed by atoms with Crippen LogP contribution < -0.4 is 10.1 Å². The number of nitrogens with one attached hydrogen (secondary N) is 1. The highest BCUT2D eigenvalue weighted by Crippen LogP contribution is 2.29. The summed E-state index contributed by atoms with van der Waals surface area (Å²) in [7, 11) is 1.69. The minimum atomic E-state index is 0.738. The van der Waals surface area contributed by atoms with Gasteiger partial charge in [0.1, 0.15) is 5.75 Å². The molecule has 0 radical (unpaired) electrons. The maximum Gasteiger partial charge on any atom is 0.123 e. The molecule has 0 spiro atoms. The predicted octanol–water partition coefficient (Wildman–Crippen LogP) is 2.81. The molecule has 0 bridgehead atoms. The molecule has 1 fully saturated rings. The lowest BCUT2D eigenvalue weighted by atomic mass is 9.95. The minimum absolute atomic E-state index is 0.738. The van der Waals surface area contributed by atoms with Crippen LogP contribution in [0.15, 0.2) is 12.1 Å². The Morgan fingerprint density at radius 1 is 1.50 bits per heavy atom. The van der Waals surface area contributed by atoms with Crippen molar-refractivity contribution in [3.05, 3.63) is 28.3 Å². The first-order valence-electron chi connectivity index (χ1n) is 5.74. The summed E-state index contributed by atoms with van der Waals surface area (Å²) in [6, 6.07) is 3.95. The molecule has 2 nitrogen and oxygen atoms in total. The van der Waals surface area contributed by atoms with E-state index in [9.17, 15) is 0 Å². The molecule has 16 heavy (non-hydrogen) atoms. The second kappa shape index (κ2) is 5.07. The molecule has 2 rings (SSSR count).